The molecule has 118 valence electrons. The topological polar surface area (TPSA) is 63.2 Å². The van der Waals surface area contributed by atoms with Crippen LogP contribution in [-0.4, -0.2) is 35.8 Å². The maximum absolute atomic E-state index is 12.6. The lowest BCUT2D eigenvalue weighted by Crippen LogP contribution is -2.35. The van der Waals surface area contributed by atoms with Gasteiger partial charge in [0, 0.05) is 19.3 Å². The number of hydrogen-bond acceptors (Lipinski definition) is 5. The average molecular weight is 423 g/mol. The molecule has 1 saturated heterocycles. The molecule has 5 nitrogen and oxygen atoms in total. The fraction of sp³-hybridized carbons (Fsp3) is 0.385. The van der Waals surface area contributed by atoms with E-state index in [0.717, 1.165) is 24.1 Å². The van der Waals surface area contributed by atoms with Gasteiger partial charge in [-0.1, -0.05) is 6.42 Å². The highest BCUT2D eigenvalue weighted by Gasteiger charge is 2.27. The summed E-state index contributed by atoms with van der Waals surface area (Å²) >= 11 is 10.4. The lowest BCUT2D eigenvalue weighted by Gasteiger charge is -2.25. The Morgan fingerprint density at radius 2 is 1.95 bits per heavy atom. The van der Waals surface area contributed by atoms with Gasteiger partial charge in [0.1, 0.15) is 4.21 Å². The summed E-state index contributed by atoms with van der Waals surface area (Å²) in [6.45, 7) is 1.19. The number of hydrogen-bond donors (Lipinski definition) is 0. The van der Waals surface area contributed by atoms with Crippen LogP contribution in [0.5, 0.6) is 0 Å². The zero-order valence-corrected chi connectivity index (χ0v) is 15.5. The molecule has 3 rings (SSSR count). The summed E-state index contributed by atoms with van der Waals surface area (Å²) in [7, 11) is -3.41. The lowest BCUT2D eigenvalue weighted by molar-refractivity contribution is 0.347. The highest BCUT2D eigenvalue weighted by molar-refractivity contribution is 9.10. The van der Waals surface area contributed by atoms with Gasteiger partial charge in [-0.3, -0.25) is 0 Å². The number of rotatable bonds is 3. The quantitative estimate of drug-likeness (QED) is 0.706. The molecule has 0 N–H and O–H groups in total. The van der Waals surface area contributed by atoms with E-state index in [1.54, 1.807) is 22.6 Å². The van der Waals surface area contributed by atoms with Crippen molar-refractivity contribution in [1.82, 2.24) is 14.3 Å². The first-order valence-electron chi connectivity index (χ1n) is 6.77. The van der Waals surface area contributed by atoms with Gasteiger partial charge in [-0.2, -0.15) is 4.31 Å². The van der Waals surface area contributed by atoms with Crippen molar-refractivity contribution in [3.63, 3.8) is 0 Å². The number of thiophene rings is 1. The molecule has 0 amide bonds. The minimum atomic E-state index is -3.41. The van der Waals surface area contributed by atoms with Crippen LogP contribution < -0.4 is 0 Å². The summed E-state index contributed by atoms with van der Waals surface area (Å²) in [5, 5.41) is 0.132. The fourth-order valence-corrected chi connectivity index (χ4v) is 5.99. The molecule has 2 aromatic heterocycles. The Labute approximate surface area is 146 Å². The molecular weight excluding hydrogens is 410 g/mol. The second kappa shape index (κ2) is 6.52. The normalized spacial score (nSPS) is 16.8. The van der Waals surface area contributed by atoms with Crippen molar-refractivity contribution in [1.29, 1.82) is 0 Å². The largest absolute Gasteiger partial charge is 0.252 e. The summed E-state index contributed by atoms with van der Waals surface area (Å²) < 4.78 is 27.9. The van der Waals surface area contributed by atoms with Crippen LogP contribution in [0.2, 0.25) is 5.28 Å². The molecule has 1 aliphatic rings. The number of aromatic nitrogens is 2. The van der Waals surface area contributed by atoms with Gasteiger partial charge in [-0.25, -0.2) is 18.4 Å². The summed E-state index contributed by atoms with van der Waals surface area (Å²) in [5.41, 5.74) is 0.602. The van der Waals surface area contributed by atoms with Gasteiger partial charge in [0.05, 0.1) is 15.0 Å². The smallest absolute Gasteiger partial charge is 0.225 e. The molecule has 3 heterocycles. The zero-order valence-electron chi connectivity index (χ0n) is 11.5. The Kier molecular flexibility index (Phi) is 4.84. The molecule has 0 bridgehead atoms. The minimum Gasteiger partial charge on any atom is -0.225 e. The second-order valence-electron chi connectivity index (χ2n) is 4.92. The van der Waals surface area contributed by atoms with Gasteiger partial charge in [-0.05, 0) is 52.5 Å². The van der Waals surface area contributed by atoms with E-state index in [1.807, 2.05) is 0 Å². The van der Waals surface area contributed by atoms with Crippen LogP contribution in [0.3, 0.4) is 0 Å². The summed E-state index contributed by atoms with van der Waals surface area (Å²) in [6, 6.07) is 3.39. The van der Waals surface area contributed by atoms with Crippen LogP contribution in [0.4, 0.5) is 0 Å². The number of halogens is 2. The lowest BCUT2D eigenvalue weighted by atomic mass is 10.2. The van der Waals surface area contributed by atoms with Crippen molar-refractivity contribution < 1.29 is 8.42 Å². The van der Waals surface area contributed by atoms with Crippen molar-refractivity contribution in [2.45, 2.75) is 23.5 Å². The zero-order chi connectivity index (χ0) is 15.7. The van der Waals surface area contributed by atoms with Crippen LogP contribution in [0, 0.1) is 0 Å². The summed E-state index contributed by atoms with van der Waals surface area (Å²) in [6.07, 6.45) is 4.49. The van der Waals surface area contributed by atoms with E-state index in [4.69, 9.17) is 11.6 Å². The molecule has 0 aliphatic carbocycles. The number of nitrogens with zero attached hydrogens (tertiary/aromatic N) is 3. The van der Waals surface area contributed by atoms with Gasteiger partial charge in [-0.15, -0.1) is 11.3 Å². The van der Waals surface area contributed by atoms with Gasteiger partial charge in [0.25, 0.3) is 10.0 Å². The van der Waals surface area contributed by atoms with E-state index < -0.39 is 10.0 Å². The monoisotopic (exact) mass is 421 g/mol. The van der Waals surface area contributed by atoms with E-state index in [1.165, 1.54) is 11.3 Å². The fourth-order valence-electron chi connectivity index (χ4n) is 2.34. The highest BCUT2D eigenvalue weighted by atomic mass is 79.9. The molecule has 1 fully saturated rings. The van der Waals surface area contributed by atoms with Crippen molar-refractivity contribution in [2.24, 2.45) is 0 Å². The molecule has 2 aromatic rings. The minimum absolute atomic E-state index is 0.132. The molecule has 0 unspecified atom stereocenters. The summed E-state index contributed by atoms with van der Waals surface area (Å²) in [5.74, 6) is 0. The van der Waals surface area contributed by atoms with E-state index in [-0.39, 0.29) is 5.28 Å². The molecule has 0 saturated carbocycles. The standard InChI is InChI=1S/C13H13BrClN3O2S2/c14-9-8-16-13(15)17-12(9)10-4-5-11(21-10)22(19,20)18-6-2-1-3-7-18/h4-5,8H,1-3,6-7H2. The molecular formula is C13H13BrClN3O2S2. The SMILES string of the molecule is O=S(=O)(c1ccc(-c2nc(Cl)ncc2Br)s1)N1CCCCC1. The highest BCUT2D eigenvalue weighted by Crippen LogP contribution is 2.35. The van der Waals surface area contributed by atoms with Crippen LogP contribution in [-0.2, 0) is 10.0 Å². The summed E-state index contributed by atoms with van der Waals surface area (Å²) in [4.78, 5) is 8.78. The van der Waals surface area contributed by atoms with Crippen molar-refractivity contribution in [2.75, 3.05) is 13.1 Å². The van der Waals surface area contributed by atoms with Crippen molar-refractivity contribution in [3.8, 4) is 10.6 Å². The van der Waals surface area contributed by atoms with Gasteiger partial charge < -0.3 is 0 Å². The second-order valence-corrected chi connectivity index (χ2v) is 9.36. The first-order valence-corrected chi connectivity index (χ1v) is 10.2. The average Bonchev–Trinajstić information content (AvgIpc) is 3.01. The van der Waals surface area contributed by atoms with Crippen molar-refractivity contribution in [3.05, 3.63) is 28.1 Å². The van der Waals surface area contributed by atoms with E-state index in [2.05, 4.69) is 25.9 Å². The van der Waals surface area contributed by atoms with Gasteiger partial charge in [0.15, 0.2) is 0 Å². The maximum Gasteiger partial charge on any atom is 0.252 e. The molecule has 0 radical (unpaired) electrons. The van der Waals surface area contributed by atoms with Crippen LogP contribution >= 0.6 is 38.9 Å². The van der Waals surface area contributed by atoms with Crippen LogP contribution in [0.15, 0.2) is 27.0 Å². The molecule has 0 aromatic carbocycles. The molecule has 1 aliphatic heterocycles. The Bertz CT molecular complexity index is 788. The predicted molar refractivity (Wildman–Crippen MR) is 90.7 cm³/mol. The third kappa shape index (κ3) is 3.21. The van der Waals surface area contributed by atoms with E-state index >= 15 is 0 Å². The van der Waals surface area contributed by atoms with E-state index in [9.17, 15) is 8.42 Å². The van der Waals surface area contributed by atoms with Crippen molar-refractivity contribution >= 4 is 48.9 Å². The third-order valence-electron chi connectivity index (χ3n) is 3.44. The molecule has 9 heteroatoms. The van der Waals surface area contributed by atoms with Gasteiger partial charge in [0.2, 0.25) is 5.28 Å². The molecule has 0 spiro atoms. The number of piperidine rings is 1. The third-order valence-corrected chi connectivity index (χ3v) is 7.66. The number of sulfonamides is 1. The predicted octanol–water partition coefficient (Wildman–Crippen LogP) is 3.80. The molecule has 22 heavy (non-hydrogen) atoms. The Morgan fingerprint density at radius 1 is 1.23 bits per heavy atom. The molecule has 0 atom stereocenters. The Hall–Kier alpha value is -0.540. The van der Waals surface area contributed by atoms with Gasteiger partial charge >= 0.3 is 0 Å². The van der Waals surface area contributed by atoms with E-state index in [0.29, 0.717) is 27.5 Å². The van der Waals surface area contributed by atoms with Crippen LogP contribution in [0.25, 0.3) is 10.6 Å². The maximum atomic E-state index is 12.6. The Morgan fingerprint density at radius 3 is 2.68 bits per heavy atom. The first-order chi connectivity index (χ1) is 10.5. The van der Waals surface area contributed by atoms with Crippen LogP contribution in [0.1, 0.15) is 19.3 Å². The Balaban J connectivity index is 1.95. The first kappa shape index (κ1) is 16.3.